The van der Waals surface area contributed by atoms with Gasteiger partial charge in [0.15, 0.2) is 6.10 Å². The Morgan fingerprint density at radius 3 is 2.28 bits per heavy atom. The van der Waals surface area contributed by atoms with Crippen LogP contribution >= 0.6 is 0 Å². The summed E-state index contributed by atoms with van der Waals surface area (Å²) in [5.74, 6) is -0.339. The normalized spacial score (nSPS) is 16.2. The second kappa shape index (κ2) is 9.37. The highest BCUT2D eigenvalue weighted by atomic mass is 32.2. The fourth-order valence-corrected chi connectivity index (χ4v) is 4.70. The second-order valence-corrected chi connectivity index (χ2v) is 8.88. The largest absolute Gasteiger partial charge is 0.481 e. The van der Waals surface area contributed by atoms with E-state index < -0.39 is 16.1 Å². The highest BCUT2D eigenvalue weighted by Crippen LogP contribution is 2.22. The van der Waals surface area contributed by atoms with E-state index in [1.54, 1.807) is 12.1 Å². The average Bonchev–Trinajstić information content (AvgIpc) is 2.74. The van der Waals surface area contributed by atoms with Crippen molar-refractivity contribution >= 4 is 21.6 Å². The van der Waals surface area contributed by atoms with Crippen LogP contribution in [-0.2, 0) is 14.8 Å². The number of ether oxygens (including phenoxy) is 1. The van der Waals surface area contributed by atoms with E-state index in [4.69, 9.17) is 4.74 Å². The summed E-state index contributed by atoms with van der Waals surface area (Å²) >= 11 is 0. The minimum absolute atomic E-state index is 0.215. The molecule has 0 saturated carbocycles. The van der Waals surface area contributed by atoms with Gasteiger partial charge in [-0.1, -0.05) is 13.3 Å². The Balaban J connectivity index is 1.64. The summed E-state index contributed by atoms with van der Waals surface area (Å²) in [6, 6.07) is 11.6. The molecule has 0 bridgehead atoms. The zero-order valence-corrected chi connectivity index (χ0v) is 17.1. The van der Waals surface area contributed by atoms with E-state index in [-0.39, 0.29) is 16.6 Å². The van der Waals surface area contributed by atoms with Crippen molar-refractivity contribution in [3.05, 3.63) is 54.3 Å². The number of sulfonamides is 1. The van der Waals surface area contributed by atoms with E-state index in [0.29, 0.717) is 30.9 Å². The average molecular weight is 421 g/mol. The van der Waals surface area contributed by atoms with Gasteiger partial charge < -0.3 is 10.1 Å². The molecule has 1 aliphatic heterocycles. The zero-order chi connectivity index (χ0) is 20.9. The summed E-state index contributed by atoms with van der Waals surface area (Å²) in [6.07, 6.45) is 2.47. The number of hydrogen-bond donors (Lipinski definition) is 1. The SMILES string of the molecule is CCC(Oc1ccc(F)cc1)C(=O)Nc1ccc(S(=O)(=O)N2CCCCC2)cc1. The predicted octanol–water partition coefficient (Wildman–Crippen LogP) is 3.80. The molecule has 29 heavy (non-hydrogen) atoms. The van der Waals surface area contributed by atoms with Crippen molar-refractivity contribution in [2.75, 3.05) is 18.4 Å². The van der Waals surface area contributed by atoms with Gasteiger partial charge in [0.05, 0.1) is 4.90 Å². The molecule has 0 radical (unpaired) electrons. The summed E-state index contributed by atoms with van der Waals surface area (Å²) in [5.41, 5.74) is 0.480. The molecule has 0 aromatic heterocycles. The molecule has 1 N–H and O–H groups in total. The third kappa shape index (κ3) is 5.33. The van der Waals surface area contributed by atoms with Crippen LogP contribution in [0, 0.1) is 5.82 Å². The molecular formula is C21H25FN2O4S. The summed E-state index contributed by atoms with van der Waals surface area (Å²) < 4.78 is 45.5. The zero-order valence-electron chi connectivity index (χ0n) is 16.3. The Morgan fingerprint density at radius 2 is 1.69 bits per heavy atom. The van der Waals surface area contributed by atoms with Crippen LogP contribution in [0.15, 0.2) is 53.4 Å². The van der Waals surface area contributed by atoms with Crippen molar-refractivity contribution in [1.82, 2.24) is 4.31 Å². The van der Waals surface area contributed by atoms with Crippen LogP contribution in [0.25, 0.3) is 0 Å². The molecule has 1 saturated heterocycles. The summed E-state index contributed by atoms with van der Waals surface area (Å²) in [6.45, 7) is 2.89. The number of carbonyl (C=O) groups excluding carboxylic acids is 1. The Morgan fingerprint density at radius 1 is 1.07 bits per heavy atom. The Hall–Kier alpha value is -2.45. The van der Waals surface area contributed by atoms with Crippen molar-refractivity contribution < 1.29 is 22.3 Å². The van der Waals surface area contributed by atoms with E-state index in [1.807, 2.05) is 6.92 Å². The minimum Gasteiger partial charge on any atom is -0.481 e. The number of piperidine rings is 1. The molecule has 0 spiro atoms. The van der Waals surface area contributed by atoms with Crippen LogP contribution in [0.3, 0.4) is 0 Å². The summed E-state index contributed by atoms with van der Waals surface area (Å²) in [5, 5.41) is 2.74. The standard InChI is InChI=1S/C21H25FN2O4S/c1-2-20(28-18-10-6-16(22)7-11-18)21(25)23-17-8-12-19(13-9-17)29(26,27)24-14-4-3-5-15-24/h6-13,20H,2-5,14-15H2,1H3,(H,23,25). The lowest BCUT2D eigenvalue weighted by molar-refractivity contribution is -0.122. The van der Waals surface area contributed by atoms with Crippen LogP contribution in [0.1, 0.15) is 32.6 Å². The number of nitrogens with one attached hydrogen (secondary N) is 1. The third-order valence-corrected chi connectivity index (χ3v) is 6.74. The molecule has 1 heterocycles. The van der Waals surface area contributed by atoms with Gasteiger partial charge in [-0.15, -0.1) is 0 Å². The number of anilines is 1. The van der Waals surface area contributed by atoms with Crippen LogP contribution < -0.4 is 10.1 Å². The molecule has 2 aromatic rings. The van der Waals surface area contributed by atoms with Gasteiger partial charge in [0.2, 0.25) is 10.0 Å². The summed E-state index contributed by atoms with van der Waals surface area (Å²) in [7, 11) is -3.51. The molecule has 0 aliphatic carbocycles. The van der Waals surface area contributed by atoms with Crippen molar-refractivity contribution in [2.24, 2.45) is 0 Å². The second-order valence-electron chi connectivity index (χ2n) is 6.95. The van der Waals surface area contributed by atoms with Crippen LogP contribution in [0.2, 0.25) is 0 Å². The molecule has 1 atom stereocenters. The lowest BCUT2D eigenvalue weighted by atomic mass is 10.2. The Kier molecular flexibility index (Phi) is 6.87. The van der Waals surface area contributed by atoms with Crippen LogP contribution in [0.4, 0.5) is 10.1 Å². The van der Waals surface area contributed by atoms with Gasteiger partial charge in [0, 0.05) is 18.8 Å². The molecule has 2 aromatic carbocycles. The molecule has 1 fully saturated rings. The van der Waals surface area contributed by atoms with Crippen LogP contribution in [0.5, 0.6) is 5.75 Å². The number of nitrogens with zero attached hydrogens (tertiary/aromatic N) is 1. The lowest BCUT2D eigenvalue weighted by Crippen LogP contribution is -2.35. The first kappa shape index (κ1) is 21.3. The molecule has 8 heteroatoms. The molecule has 3 rings (SSSR count). The Labute approximate surface area is 170 Å². The number of carbonyl (C=O) groups is 1. The van der Waals surface area contributed by atoms with E-state index in [9.17, 15) is 17.6 Å². The van der Waals surface area contributed by atoms with Gasteiger partial charge in [-0.05, 0) is 67.8 Å². The van der Waals surface area contributed by atoms with Gasteiger partial charge in [0.25, 0.3) is 5.91 Å². The predicted molar refractivity (Wildman–Crippen MR) is 109 cm³/mol. The number of halogens is 1. The minimum atomic E-state index is -3.51. The molecule has 1 aliphatic rings. The lowest BCUT2D eigenvalue weighted by Gasteiger charge is -2.26. The van der Waals surface area contributed by atoms with Crippen LogP contribution in [-0.4, -0.2) is 37.8 Å². The van der Waals surface area contributed by atoms with E-state index in [2.05, 4.69) is 5.32 Å². The van der Waals surface area contributed by atoms with Gasteiger partial charge in [-0.2, -0.15) is 4.31 Å². The molecular weight excluding hydrogens is 395 g/mol. The maximum Gasteiger partial charge on any atom is 0.265 e. The maximum absolute atomic E-state index is 13.0. The number of amides is 1. The van der Waals surface area contributed by atoms with E-state index >= 15 is 0 Å². The quantitative estimate of drug-likeness (QED) is 0.739. The fraction of sp³-hybridized carbons (Fsp3) is 0.381. The first-order chi connectivity index (χ1) is 13.9. The van der Waals surface area contributed by atoms with Crippen molar-refractivity contribution in [3.8, 4) is 5.75 Å². The number of benzene rings is 2. The topological polar surface area (TPSA) is 75.7 Å². The van der Waals surface area contributed by atoms with Gasteiger partial charge in [-0.3, -0.25) is 4.79 Å². The monoisotopic (exact) mass is 420 g/mol. The molecule has 6 nitrogen and oxygen atoms in total. The van der Waals surface area contributed by atoms with E-state index in [1.165, 1.54) is 40.7 Å². The van der Waals surface area contributed by atoms with E-state index in [0.717, 1.165) is 19.3 Å². The van der Waals surface area contributed by atoms with Crippen molar-refractivity contribution in [2.45, 2.75) is 43.6 Å². The van der Waals surface area contributed by atoms with Gasteiger partial charge >= 0.3 is 0 Å². The smallest absolute Gasteiger partial charge is 0.265 e. The highest BCUT2D eigenvalue weighted by Gasteiger charge is 2.26. The first-order valence-electron chi connectivity index (χ1n) is 9.73. The highest BCUT2D eigenvalue weighted by molar-refractivity contribution is 7.89. The Bertz CT molecular complexity index is 924. The molecule has 156 valence electrons. The van der Waals surface area contributed by atoms with Gasteiger partial charge in [-0.25, -0.2) is 12.8 Å². The fourth-order valence-electron chi connectivity index (χ4n) is 3.19. The maximum atomic E-state index is 13.0. The van der Waals surface area contributed by atoms with Crippen molar-refractivity contribution in [3.63, 3.8) is 0 Å². The first-order valence-corrected chi connectivity index (χ1v) is 11.2. The number of rotatable bonds is 7. The molecule has 1 amide bonds. The van der Waals surface area contributed by atoms with Crippen molar-refractivity contribution in [1.29, 1.82) is 0 Å². The molecule has 1 unspecified atom stereocenters. The van der Waals surface area contributed by atoms with Gasteiger partial charge in [0.1, 0.15) is 11.6 Å². The third-order valence-electron chi connectivity index (χ3n) is 4.83. The summed E-state index contributed by atoms with van der Waals surface area (Å²) in [4.78, 5) is 12.7. The number of hydrogen-bond acceptors (Lipinski definition) is 4.